The smallest absolute Gasteiger partial charge is 0.267 e. The number of carbonyl (C=O) groups excluding carboxylic acids is 1. The van der Waals surface area contributed by atoms with E-state index in [0.717, 1.165) is 28.8 Å². The van der Waals surface area contributed by atoms with E-state index in [4.69, 9.17) is 33.9 Å². The average Bonchev–Trinajstić information content (AvgIpc) is 2.94. The monoisotopic (exact) mass is 419 g/mol. The second kappa shape index (κ2) is 7.30. The van der Waals surface area contributed by atoms with Gasteiger partial charge in [-0.1, -0.05) is 36.5 Å². The first kappa shape index (κ1) is 18.5. The van der Waals surface area contributed by atoms with Crippen LogP contribution in [0.4, 0.5) is 11.4 Å². The SMILES string of the molecule is CC[C@H]1CCc2nc3sc(C(=O)Nc4cc(Cl)cc(Cl)c4)c(N)c3cc2C1. The van der Waals surface area contributed by atoms with Gasteiger partial charge < -0.3 is 11.1 Å². The zero-order valence-corrected chi connectivity index (χ0v) is 17.1. The highest BCUT2D eigenvalue weighted by molar-refractivity contribution is 7.21. The van der Waals surface area contributed by atoms with Crippen molar-refractivity contribution in [2.45, 2.75) is 32.6 Å². The van der Waals surface area contributed by atoms with Crippen LogP contribution in [-0.2, 0) is 12.8 Å². The summed E-state index contributed by atoms with van der Waals surface area (Å²) in [5.74, 6) is 0.421. The van der Waals surface area contributed by atoms with Crippen LogP contribution in [-0.4, -0.2) is 10.9 Å². The number of nitrogen functional groups attached to an aromatic ring is 1. The number of nitrogens with zero attached hydrogens (tertiary/aromatic N) is 1. The molecule has 2 aromatic heterocycles. The lowest BCUT2D eigenvalue weighted by Gasteiger charge is -2.22. The highest BCUT2D eigenvalue weighted by atomic mass is 35.5. The number of nitrogens with one attached hydrogen (secondary N) is 1. The second-order valence-electron chi connectivity index (χ2n) is 6.92. The molecule has 4 nitrogen and oxygen atoms in total. The van der Waals surface area contributed by atoms with Crippen LogP contribution in [0.25, 0.3) is 10.2 Å². The normalized spacial score (nSPS) is 16.3. The first-order valence-electron chi connectivity index (χ1n) is 8.92. The Kier molecular flexibility index (Phi) is 5.01. The van der Waals surface area contributed by atoms with Gasteiger partial charge in [-0.2, -0.15) is 0 Å². The van der Waals surface area contributed by atoms with Crippen molar-refractivity contribution in [1.29, 1.82) is 0 Å². The zero-order chi connectivity index (χ0) is 19.1. The van der Waals surface area contributed by atoms with Gasteiger partial charge in [-0.15, -0.1) is 11.3 Å². The predicted octanol–water partition coefficient (Wildman–Crippen LogP) is 5.95. The summed E-state index contributed by atoms with van der Waals surface area (Å²) < 4.78 is 0. The fraction of sp³-hybridized carbons (Fsp3) is 0.300. The Bertz CT molecular complexity index is 1030. The summed E-state index contributed by atoms with van der Waals surface area (Å²) in [6.07, 6.45) is 4.37. The van der Waals surface area contributed by atoms with Crippen molar-refractivity contribution in [2.24, 2.45) is 5.92 Å². The molecule has 1 atom stereocenters. The van der Waals surface area contributed by atoms with Crippen LogP contribution in [0.1, 0.15) is 40.7 Å². The van der Waals surface area contributed by atoms with Crippen molar-refractivity contribution in [3.63, 3.8) is 0 Å². The Labute approximate surface area is 171 Å². The number of rotatable bonds is 3. The number of aromatic nitrogens is 1. The molecule has 1 aliphatic carbocycles. The molecule has 140 valence electrons. The van der Waals surface area contributed by atoms with E-state index in [-0.39, 0.29) is 5.91 Å². The number of aryl methyl sites for hydroxylation is 1. The number of carbonyl (C=O) groups is 1. The van der Waals surface area contributed by atoms with E-state index in [1.54, 1.807) is 18.2 Å². The molecule has 0 aliphatic heterocycles. The Balaban J connectivity index is 1.68. The van der Waals surface area contributed by atoms with E-state index >= 15 is 0 Å². The Morgan fingerprint density at radius 3 is 2.74 bits per heavy atom. The third-order valence-electron chi connectivity index (χ3n) is 5.09. The topological polar surface area (TPSA) is 68.0 Å². The molecule has 0 fully saturated rings. The largest absolute Gasteiger partial charge is 0.397 e. The van der Waals surface area contributed by atoms with E-state index in [2.05, 4.69) is 18.3 Å². The van der Waals surface area contributed by atoms with Crippen molar-refractivity contribution in [3.05, 3.63) is 50.4 Å². The van der Waals surface area contributed by atoms with Crippen LogP contribution in [0, 0.1) is 5.92 Å². The molecule has 27 heavy (non-hydrogen) atoms. The summed E-state index contributed by atoms with van der Waals surface area (Å²) in [4.78, 5) is 18.8. The van der Waals surface area contributed by atoms with Gasteiger partial charge in [0, 0.05) is 26.8 Å². The van der Waals surface area contributed by atoms with E-state index in [9.17, 15) is 4.79 Å². The molecule has 0 spiro atoms. The summed E-state index contributed by atoms with van der Waals surface area (Å²) in [7, 11) is 0. The minimum atomic E-state index is -0.279. The number of hydrogen-bond acceptors (Lipinski definition) is 4. The van der Waals surface area contributed by atoms with E-state index in [0.29, 0.717) is 32.2 Å². The number of hydrogen-bond donors (Lipinski definition) is 2. The molecule has 3 aromatic rings. The predicted molar refractivity (Wildman–Crippen MR) is 114 cm³/mol. The summed E-state index contributed by atoms with van der Waals surface area (Å²) in [5, 5.41) is 4.61. The maximum atomic E-state index is 12.8. The molecule has 4 rings (SSSR count). The molecule has 0 radical (unpaired) electrons. The van der Waals surface area contributed by atoms with Gasteiger partial charge in [0.05, 0.1) is 5.69 Å². The standard InChI is InChI=1S/C20H19Cl2N3OS/c1-2-10-3-4-16-11(5-10)6-15-17(23)18(27-20(15)25-16)19(26)24-14-8-12(21)7-13(22)9-14/h6-10H,2-5,23H2,1H3,(H,24,26)/t10-/m0/s1. The summed E-state index contributed by atoms with van der Waals surface area (Å²) >= 11 is 13.3. The van der Waals surface area contributed by atoms with Crippen LogP contribution in [0.15, 0.2) is 24.3 Å². The zero-order valence-electron chi connectivity index (χ0n) is 14.8. The molecule has 0 saturated heterocycles. The van der Waals surface area contributed by atoms with E-state index < -0.39 is 0 Å². The third kappa shape index (κ3) is 3.64. The Hall–Kier alpha value is -1.82. The van der Waals surface area contributed by atoms with E-state index in [1.807, 2.05) is 0 Å². The van der Waals surface area contributed by atoms with Gasteiger partial charge in [0.25, 0.3) is 5.91 Å². The summed E-state index contributed by atoms with van der Waals surface area (Å²) in [6, 6.07) is 7.04. The lowest BCUT2D eigenvalue weighted by Crippen LogP contribution is -2.14. The maximum absolute atomic E-state index is 12.8. The number of thiophene rings is 1. The number of pyridine rings is 1. The fourth-order valence-electron chi connectivity index (χ4n) is 3.60. The molecule has 1 amide bonds. The molecule has 0 bridgehead atoms. The van der Waals surface area contributed by atoms with Gasteiger partial charge >= 0.3 is 0 Å². The lowest BCUT2D eigenvalue weighted by molar-refractivity contribution is 0.103. The summed E-state index contributed by atoms with van der Waals surface area (Å²) in [6.45, 7) is 2.23. The number of nitrogens with two attached hydrogens (primary N) is 1. The third-order valence-corrected chi connectivity index (χ3v) is 6.64. The number of benzene rings is 1. The minimum absolute atomic E-state index is 0.279. The van der Waals surface area contributed by atoms with Crippen LogP contribution >= 0.6 is 34.5 Å². The lowest BCUT2D eigenvalue weighted by atomic mass is 9.85. The van der Waals surface area contributed by atoms with Crippen LogP contribution in [0.3, 0.4) is 0 Å². The van der Waals surface area contributed by atoms with Crippen molar-refractivity contribution < 1.29 is 4.79 Å². The molecule has 0 unspecified atom stereocenters. The summed E-state index contributed by atoms with van der Waals surface area (Å²) in [5.41, 5.74) is 9.73. The number of fused-ring (bicyclic) bond motifs is 2. The number of amides is 1. The second-order valence-corrected chi connectivity index (χ2v) is 8.79. The fourth-order valence-corrected chi connectivity index (χ4v) is 5.11. The average molecular weight is 420 g/mol. The van der Waals surface area contributed by atoms with Crippen LogP contribution in [0.2, 0.25) is 10.0 Å². The minimum Gasteiger partial charge on any atom is -0.397 e. The van der Waals surface area contributed by atoms with Gasteiger partial charge in [0.1, 0.15) is 9.71 Å². The quantitative estimate of drug-likeness (QED) is 0.550. The van der Waals surface area contributed by atoms with Gasteiger partial charge in [-0.3, -0.25) is 4.79 Å². The number of anilines is 2. The molecule has 2 heterocycles. The molecular weight excluding hydrogens is 401 g/mol. The Morgan fingerprint density at radius 2 is 2.04 bits per heavy atom. The molecular formula is C20H19Cl2N3OS. The van der Waals surface area contributed by atoms with Crippen molar-refractivity contribution in [2.75, 3.05) is 11.1 Å². The van der Waals surface area contributed by atoms with Crippen molar-refractivity contribution >= 4 is 62.0 Å². The highest BCUT2D eigenvalue weighted by Crippen LogP contribution is 2.37. The van der Waals surface area contributed by atoms with Crippen molar-refractivity contribution in [1.82, 2.24) is 4.98 Å². The molecule has 3 N–H and O–H groups in total. The van der Waals surface area contributed by atoms with Gasteiger partial charge in [-0.25, -0.2) is 4.98 Å². The molecule has 1 aromatic carbocycles. The van der Waals surface area contributed by atoms with Gasteiger partial charge in [0.15, 0.2) is 0 Å². The maximum Gasteiger partial charge on any atom is 0.267 e. The van der Waals surface area contributed by atoms with Gasteiger partial charge in [-0.05, 0) is 55.0 Å². The van der Waals surface area contributed by atoms with Crippen LogP contribution in [0.5, 0.6) is 0 Å². The molecule has 7 heteroatoms. The first-order chi connectivity index (χ1) is 12.9. The first-order valence-corrected chi connectivity index (χ1v) is 10.5. The highest BCUT2D eigenvalue weighted by Gasteiger charge is 2.23. The van der Waals surface area contributed by atoms with E-state index in [1.165, 1.54) is 29.7 Å². The number of halogens is 2. The van der Waals surface area contributed by atoms with Gasteiger partial charge in [0.2, 0.25) is 0 Å². The van der Waals surface area contributed by atoms with Crippen molar-refractivity contribution in [3.8, 4) is 0 Å². The molecule has 0 saturated carbocycles. The van der Waals surface area contributed by atoms with Crippen LogP contribution < -0.4 is 11.1 Å². The molecule has 1 aliphatic rings. The Morgan fingerprint density at radius 1 is 1.30 bits per heavy atom.